The van der Waals surface area contributed by atoms with Gasteiger partial charge < -0.3 is 10.2 Å². The van der Waals surface area contributed by atoms with Crippen LogP contribution in [0.15, 0.2) is 64.3 Å². The van der Waals surface area contributed by atoms with E-state index in [4.69, 9.17) is 5.11 Å². The first kappa shape index (κ1) is 17.4. The number of hydrogen-bond donors (Lipinski definition) is 2. The SMILES string of the molecule is C/C(=C\CCc1ccc(N=Nc2cc(C)ccc2O)cc1)C(=O)O. The molecule has 2 aromatic carbocycles. The molecule has 24 heavy (non-hydrogen) atoms. The molecule has 0 saturated carbocycles. The van der Waals surface area contributed by atoms with Crippen LogP contribution in [-0.2, 0) is 11.2 Å². The van der Waals surface area contributed by atoms with Crippen LogP contribution in [0.5, 0.6) is 5.75 Å². The zero-order chi connectivity index (χ0) is 17.5. The summed E-state index contributed by atoms with van der Waals surface area (Å²) in [6.45, 7) is 3.51. The highest BCUT2D eigenvalue weighted by Crippen LogP contribution is 2.28. The quantitative estimate of drug-likeness (QED) is 0.574. The summed E-state index contributed by atoms with van der Waals surface area (Å²) >= 11 is 0. The molecule has 0 saturated heterocycles. The Labute approximate surface area is 141 Å². The molecule has 0 aliphatic carbocycles. The minimum atomic E-state index is -0.884. The van der Waals surface area contributed by atoms with Crippen molar-refractivity contribution in [2.45, 2.75) is 26.7 Å². The minimum absolute atomic E-state index is 0.0987. The van der Waals surface area contributed by atoms with Crippen LogP contribution in [0, 0.1) is 6.92 Å². The van der Waals surface area contributed by atoms with Gasteiger partial charge in [-0.2, -0.15) is 5.11 Å². The van der Waals surface area contributed by atoms with Crippen molar-refractivity contribution in [2.24, 2.45) is 10.2 Å². The second kappa shape index (κ2) is 8.06. The number of carbonyl (C=O) groups is 1. The molecule has 5 nitrogen and oxygen atoms in total. The van der Waals surface area contributed by atoms with E-state index in [1.54, 1.807) is 25.1 Å². The zero-order valence-corrected chi connectivity index (χ0v) is 13.7. The van der Waals surface area contributed by atoms with E-state index in [1.165, 1.54) is 0 Å². The highest BCUT2D eigenvalue weighted by molar-refractivity contribution is 5.85. The van der Waals surface area contributed by atoms with E-state index >= 15 is 0 Å². The number of phenolic OH excluding ortho intramolecular Hbond substituents is 1. The van der Waals surface area contributed by atoms with E-state index in [9.17, 15) is 9.90 Å². The molecule has 0 radical (unpaired) electrons. The minimum Gasteiger partial charge on any atom is -0.506 e. The smallest absolute Gasteiger partial charge is 0.330 e. The van der Waals surface area contributed by atoms with Crippen LogP contribution in [0.1, 0.15) is 24.5 Å². The van der Waals surface area contributed by atoms with Gasteiger partial charge in [0.25, 0.3) is 0 Å². The molecule has 0 aromatic heterocycles. The van der Waals surface area contributed by atoms with Gasteiger partial charge in [-0.1, -0.05) is 24.3 Å². The van der Waals surface area contributed by atoms with Gasteiger partial charge in [0, 0.05) is 5.57 Å². The molecule has 5 heteroatoms. The standard InChI is InChI=1S/C19H20N2O3/c1-13-6-11-18(22)17(12-13)21-20-16-9-7-15(8-10-16)5-3-4-14(2)19(23)24/h4,6-12,22H,3,5H2,1-2H3,(H,23,24)/b14-4+,21-20?. The molecule has 2 rings (SSSR count). The Balaban J connectivity index is 1.99. The Morgan fingerprint density at radius 2 is 1.83 bits per heavy atom. The molecule has 0 atom stereocenters. The number of nitrogens with zero attached hydrogens (tertiary/aromatic N) is 2. The van der Waals surface area contributed by atoms with Crippen molar-refractivity contribution in [1.82, 2.24) is 0 Å². The Bertz CT molecular complexity index is 778. The summed E-state index contributed by atoms with van der Waals surface area (Å²) in [7, 11) is 0. The van der Waals surface area contributed by atoms with Gasteiger partial charge in [-0.3, -0.25) is 0 Å². The largest absolute Gasteiger partial charge is 0.506 e. The van der Waals surface area contributed by atoms with Crippen LogP contribution < -0.4 is 0 Å². The van der Waals surface area contributed by atoms with Crippen molar-refractivity contribution >= 4 is 17.3 Å². The molecular weight excluding hydrogens is 304 g/mol. The average Bonchev–Trinajstić information content (AvgIpc) is 2.56. The highest BCUT2D eigenvalue weighted by atomic mass is 16.4. The third-order valence-corrected chi connectivity index (χ3v) is 3.56. The summed E-state index contributed by atoms with van der Waals surface area (Å²) < 4.78 is 0. The van der Waals surface area contributed by atoms with Crippen LogP contribution in [0.3, 0.4) is 0 Å². The highest BCUT2D eigenvalue weighted by Gasteiger charge is 2.01. The zero-order valence-electron chi connectivity index (χ0n) is 13.7. The van der Waals surface area contributed by atoms with Crippen molar-refractivity contribution in [3.63, 3.8) is 0 Å². The predicted molar refractivity (Wildman–Crippen MR) is 93.2 cm³/mol. The van der Waals surface area contributed by atoms with Crippen molar-refractivity contribution < 1.29 is 15.0 Å². The van der Waals surface area contributed by atoms with Crippen molar-refractivity contribution in [3.05, 3.63) is 65.2 Å². The number of aliphatic carboxylic acids is 1. The molecule has 0 bridgehead atoms. The summed E-state index contributed by atoms with van der Waals surface area (Å²) in [5.41, 5.74) is 3.59. The summed E-state index contributed by atoms with van der Waals surface area (Å²) in [6.07, 6.45) is 3.16. The molecule has 0 heterocycles. The first-order chi connectivity index (χ1) is 11.5. The first-order valence-corrected chi connectivity index (χ1v) is 7.66. The van der Waals surface area contributed by atoms with E-state index in [2.05, 4.69) is 10.2 Å². The maximum Gasteiger partial charge on any atom is 0.330 e. The number of phenols is 1. The number of aromatic hydroxyl groups is 1. The second-order valence-electron chi connectivity index (χ2n) is 5.59. The number of hydrogen-bond acceptors (Lipinski definition) is 4. The molecule has 0 fully saturated rings. The van der Waals surface area contributed by atoms with Gasteiger partial charge in [0.1, 0.15) is 11.4 Å². The topological polar surface area (TPSA) is 82.2 Å². The maximum absolute atomic E-state index is 10.7. The van der Waals surface area contributed by atoms with E-state index in [-0.39, 0.29) is 5.75 Å². The third kappa shape index (κ3) is 5.05. The Morgan fingerprint density at radius 3 is 2.50 bits per heavy atom. The van der Waals surface area contributed by atoms with Gasteiger partial charge in [0.15, 0.2) is 0 Å². The fourth-order valence-corrected chi connectivity index (χ4v) is 2.10. The Hall–Kier alpha value is -2.95. The van der Waals surface area contributed by atoms with E-state index in [0.29, 0.717) is 23.4 Å². The number of benzene rings is 2. The third-order valence-electron chi connectivity index (χ3n) is 3.56. The van der Waals surface area contributed by atoms with Crippen LogP contribution >= 0.6 is 0 Å². The molecule has 0 unspecified atom stereocenters. The molecule has 124 valence electrons. The summed E-state index contributed by atoms with van der Waals surface area (Å²) in [6, 6.07) is 12.7. The molecule has 0 amide bonds. The van der Waals surface area contributed by atoms with Crippen LogP contribution in [-0.4, -0.2) is 16.2 Å². The van der Waals surface area contributed by atoms with Gasteiger partial charge in [0.2, 0.25) is 0 Å². The van der Waals surface area contributed by atoms with Crippen LogP contribution in [0.4, 0.5) is 11.4 Å². The molecule has 0 spiro atoms. The van der Waals surface area contributed by atoms with Gasteiger partial charge in [-0.05, 0) is 62.1 Å². The second-order valence-corrected chi connectivity index (χ2v) is 5.59. The number of aryl methyl sites for hydroxylation is 2. The number of azo groups is 1. The molecule has 2 aromatic rings. The number of carboxylic acids is 1. The van der Waals surface area contributed by atoms with E-state index in [0.717, 1.165) is 17.5 Å². The van der Waals surface area contributed by atoms with Crippen molar-refractivity contribution in [1.29, 1.82) is 0 Å². The molecule has 0 aliphatic heterocycles. The number of allylic oxidation sites excluding steroid dienone is 1. The lowest BCUT2D eigenvalue weighted by Crippen LogP contribution is -1.96. The lowest BCUT2D eigenvalue weighted by molar-refractivity contribution is -0.132. The van der Waals surface area contributed by atoms with Crippen molar-refractivity contribution in [3.8, 4) is 5.75 Å². The fourth-order valence-electron chi connectivity index (χ4n) is 2.10. The summed E-state index contributed by atoms with van der Waals surface area (Å²) in [5.74, 6) is -0.785. The van der Waals surface area contributed by atoms with E-state index < -0.39 is 5.97 Å². The number of rotatable bonds is 6. The predicted octanol–water partition coefficient (Wildman–Crippen LogP) is 5.08. The lowest BCUT2D eigenvalue weighted by atomic mass is 10.1. The van der Waals surface area contributed by atoms with E-state index in [1.807, 2.05) is 37.3 Å². The fraction of sp³-hybridized carbons (Fsp3) is 0.211. The number of carboxylic acid groups (broad SMARTS) is 1. The first-order valence-electron chi connectivity index (χ1n) is 7.66. The Morgan fingerprint density at radius 1 is 1.12 bits per heavy atom. The van der Waals surface area contributed by atoms with Crippen molar-refractivity contribution in [2.75, 3.05) is 0 Å². The lowest BCUT2D eigenvalue weighted by Gasteiger charge is -2.01. The average molecular weight is 324 g/mol. The molecule has 0 aliphatic rings. The van der Waals surface area contributed by atoms with Gasteiger partial charge in [-0.15, -0.1) is 5.11 Å². The van der Waals surface area contributed by atoms with Gasteiger partial charge in [0.05, 0.1) is 5.69 Å². The summed E-state index contributed by atoms with van der Waals surface area (Å²) in [5, 5.41) is 26.7. The summed E-state index contributed by atoms with van der Waals surface area (Å²) in [4.78, 5) is 10.7. The monoisotopic (exact) mass is 324 g/mol. The maximum atomic E-state index is 10.7. The van der Waals surface area contributed by atoms with Crippen LogP contribution in [0.2, 0.25) is 0 Å². The van der Waals surface area contributed by atoms with Gasteiger partial charge in [-0.25, -0.2) is 4.79 Å². The van der Waals surface area contributed by atoms with Crippen LogP contribution in [0.25, 0.3) is 0 Å². The Kier molecular flexibility index (Phi) is 5.84. The normalized spacial score (nSPS) is 11.8. The van der Waals surface area contributed by atoms with Gasteiger partial charge >= 0.3 is 5.97 Å². The molecule has 2 N–H and O–H groups in total. The molecular formula is C19H20N2O3.